The summed E-state index contributed by atoms with van der Waals surface area (Å²) in [6, 6.07) is 7.00. The van der Waals surface area contributed by atoms with Crippen molar-refractivity contribution in [2.45, 2.75) is 6.54 Å². The second-order valence-corrected chi connectivity index (χ2v) is 2.61. The Morgan fingerprint density at radius 2 is 2.15 bits per heavy atom. The minimum Gasteiger partial charge on any atom is -0.408 e. The summed E-state index contributed by atoms with van der Waals surface area (Å²) in [5.41, 5.74) is 1.16. The quantitative estimate of drug-likeness (QED) is 0.637. The highest BCUT2D eigenvalue weighted by atomic mass is 16.4. The molecule has 13 heavy (non-hydrogen) atoms. The molecule has 1 heterocycles. The highest BCUT2D eigenvalue weighted by Crippen LogP contribution is 2.10. The van der Waals surface area contributed by atoms with Crippen molar-refractivity contribution in [1.29, 1.82) is 0 Å². The maximum absolute atomic E-state index is 11.2. The number of fused-ring (bicyclic) bond motifs is 1. The van der Waals surface area contributed by atoms with Gasteiger partial charge in [0.15, 0.2) is 5.58 Å². The molecule has 4 nitrogen and oxygen atoms in total. The lowest BCUT2D eigenvalue weighted by Gasteiger charge is -1.92. The first kappa shape index (κ1) is 7.79. The van der Waals surface area contributed by atoms with E-state index in [1.807, 2.05) is 0 Å². The van der Waals surface area contributed by atoms with Crippen LogP contribution in [0.2, 0.25) is 0 Å². The third-order valence-corrected chi connectivity index (χ3v) is 1.83. The van der Waals surface area contributed by atoms with Crippen molar-refractivity contribution in [2.75, 3.05) is 0 Å². The SMILES string of the molecule is O=CCn1c(=O)oc2ccccc21. The van der Waals surface area contributed by atoms with Crippen LogP contribution in [0.1, 0.15) is 0 Å². The number of carbonyl (C=O) groups excluding carboxylic acids is 1. The van der Waals surface area contributed by atoms with Gasteiger partial charge >= 0.3 is 5.76 Å². The fourth-order valence-electron chi connectivity index (χ4n) is 1.26. The predicted octanol–water partition coefficient (Wildman–Crippen LogP) is 0.793. The molecule has 0 saturated carbocycles. The molecule has 0 amide bonds. The van der Waals surface area contributed by atoms with Crippen LogP contribution in [0.4, 0.5) is 0 Å². The lowest BCUT2D eigenvalue weighted by atomic mass is 10.3. The molecule has 1 aromatic heterocycles. The predicted molar refractivity (Wildman–Crippen MR) is 46.5 cm³/mol. The monoisotopic (exact) mass is 177 g/mol. The van der Waals surface area contributed by atoms with Gasteiger partial charge in [-0.3, -0.25) is 4.57 Å². The molecular weight excluding hydrogens is 170 g/mol. The molecule has 0 N–H and O–H groups in total. The summed E-state index contributed by atoms with van der Waals surface area (Å²) in [4.78, 5) is 21.4. The largest absolute Gasteiger partial charge is 0.420 e. The van der Waals surface area contributed by atoms with Gasteiger partial charge in [-0.05, 0) is 12.1 Å². The van der Waals surface area contributed by atoms with Crippen molar-refractivity contribution >= 4 is 17.4 Å². The molecule has 0 spiro atoms. The van der Waals surface area contributed by atoms with Crippen molar-refractivity contribution in [3.05, 3.63) is 34.8 Å². The molecule has 0 aliphatic rings. The average molecular weight is 177 g/mol. The van der Waals surface area contributed by atoms with Gasteiger partial charge in [-0.2, -0.15) is 0 Å². The van der Waals surface area contributed by atoms with E-state index < -0.39 is 5.76 Å². The normalized spacial score (nSPS) is 10.5. The lowest BCUT2D eigenvalue weighted by Crippen LogP contribution is -2.14. The third kappa shape index (κ3) is 1.16. The van der Waals surface area contributed by atoms with Gasteiger partial charge in [0.1, 0.15) is 6.29 Å². The second kappa shape index (κ2) is 2.90. The number of hydrogen-bond donors (Lipinski definition) is 0. The summed E-state index contributed by atoms with van der Waals surface area (Å²) in [5, 5.41) is 0. The Bertz CT molecular complexity index is 495. The molecule has 1 aromatic carbocycles. The number of rotatable bonds is 2. The molecule has 2 rings (SSSR count). The Morgan fingerprint density at radius 3 is 2.92 bits per heavy atom. The first-order chi connectivity index (χ1) is 6.33. The minimum absolute atomic E-state index is 0.0375. The number of carbonyl (C=O) groups is 1. The molecule has 2 aromatic rings. The standard InChI is InChI=1S/C9H7NO3/c11-6-5-10-7-3-1-2-4-8(7)13-9(10)12/h1-4,6H,5H2. The van der Waals surface area contributed by atoms with Crippen molar-refractivity contribution in [3.63, 3.8) is 0 Å². The van der Waals surface area contributed by atoms with E-state index in [0.29, 0.717) is 17.4 Å². The van der Waals surface area contributed by atoms with Crippen LogP contribution in [0, 0.1) is 0 Å². The Labute approximate surface area is 73.4 Å². The fourth-order valence-corrected chi connectivity index (χ4v) is 1.26. The second-order valence-electron chi connectivity index (χ2n) is 2.61. The van der Waals surface area contributed by atoms with Crippen LogP contribution in [0.3, 0.4) is 0 Å². The Hall–Kier alpha value is -1.84. The summed E-state index contributed by atoms with van der Waals surface area (Å²) >= 11 is 0. The zero-order valence-electron chi connectivity index (χ0n) is 6.77. The number of nitrogens with zero attached hydrogens (tertiary/aromatic N) is 1. The van der Waals surface area contributed by atoms with E-state index in [9.17, 15) is 9.59 Å². The number of benzene rings is 1. The van der Waals surface area contributed by atoms with E-state index in [2.05, 4.69) is 0 Å². The number of oxazole rings is 1. The van der Waals surface area contributed by atoms with Crippen LogP contribution < -0.4 is 5.76 Å². The van der Waals surface area contributed by atoms with Gasteiger partial charge in [-0.25, -0.2) is 4.79 Å². The molecule has 0 radical (unpaired) electrons. The summed E-state index contributed by atoms with van der Waals surface area (Å²) in [6.45, 7) is 0.0375. The number of aldehydes is 1. The Kier molecular flexibility index (Phi) is 1.73. The summed E-state index contributed by atoms with van der Waals surface area (Å²) < 4.78 is 6.19. The average Bonchev–Trinajstić information content (AvgIpc) is 2.44. The van der Waals surface area contributed by atoms with Crippen molar-refractivity contribution in [3.8, 4) is 0 Å². The maximum atomic E-state index is 11.2. The molecule has 0 bridgehead atoms. The highest BCUT2D eigenvalue weighted by Gasteiger charge is 2.06. The number of para-hydroxylation sites is 2. The van der Waals surface area contributed by atoms with E-state index in [4.69, 9.17) is 4.42 Å². The molecule has 0 aliphatic carbocycles. The van der Waals surface area contributed by atoms with Crippen LogP contribution in [-0.2, 0) is 11.3 Å². The van der Waals surface area contributed by atoms with Gasteiger partial charge in [0.2, 0.25) is 0 Å². The smallest absolute Gasteiger partial charge is 0.408 e. The summed E-state index contributed by atoms with van der Waals surface area (Å²) in [7, 11) is 0. The topological polar surface area (TPSA) is 52.2 Å². The number of aromatic nitrogens is 1. The van der Waals surface area contributed by atoms with E-state index in [1.54, 1.807) is 24.3 Å². The zero-order chi connectivity index (χ0) is 9.26. The van der Waals surface area contributed by atoms with E-state index >= 15 is 0 Å². The molecule has 0 fully saturated rings. The van der Waals surface area contributed by atoms with E-state index in [1.165, 1.54) is 4.57 Å². The molecular formula is C9H7NO3. The van der Waals surface area contributed by atoms with Crippen LogP contribution in [0.25, 0.3) is 11.1 Å². The summed E-state index contributed by atoms with van der Waals surface area (Å²) in [5.74, 6) is -0.492. The van der Waals surface area contributed by atoms with Crippen LogP contribution in [0.5, 0.6) is 0 Å². The van der Waals surface area contributed by atoms with Crippen LogP contribution in [0.15, 0.2) is 33.5 Å². The fraction of sp³-hybridized carbons (Fsp3) is 0.111. The molecule has 0 saturated heterocycles. The van der Waals surface area contributed by atoms with Crippen LogP contribution in [-0.4, -0.2) is 10.9 Å². The Balaban J connectivity index is 2.78. The molecule has 0 atom stereocenters. The Morgan fingerprint density at radius 1 is 1.38 bits per heavy atom. The van der Waals surface area contributed by atoms with Gasteiger partial charge in [-0.15, -0.1) is 0 Å². The van der Waals surface area contributed by atoms with Gasteiger partial charge in [0, 0.05) is 0 Å². The van der Waals surface area contributed by atoms with Crippen LogP contribution >= 0.6 is 0 Å². The van der Waals surface area contributed by atoms with Gasteiger partial charge in [0.25, 0.3) is 0 Å². The first-order valence-electron chi connectivity index (χ1n) is 3.85. The van der Waals surface area contributed by atoms with Crippen molar-refractivity contribution in [2.24, 2.45) is 0 Å². The van der Waals surface area contributed by atoms with Gasteiger partial charge < -0.3 is 9.21 Å². The minimum atomic E-state index is -0.492. The van der Waals surface area contributed by atoms with E-state index in [-0.39, 0.29) is 6.54 Å². The summed E-state index contributed by atoms with van der Waals surface area (Å²) in [6.07, 6.45) is 0.670. The van der Waals surface area contributed by atoms with E-state index in [0.717, 1.165) is 0 Å². The molecule has 4 heteroatoms. The first-order valence-corrected chi connectivity index (χ1v) is 3.85. The van der Waals surface area contributed by atoms with Crippen molar-refractivity contribution < 1.29 is 9.21 Å². The third-order valence-electron chi connectivity index (χ3n) is 1.83. The maximum Gasteiger partial charge on any atom is 0.420 e. The molecule has 66 valence electrons. The van der Waals surface area contributed by atoms with Gasteiger partial charge in [-0.1, -0.05) is 12.1 Å². The molecule has 0 unspecified atom stereocenters. The molecule has 0 aliphatic heterocycles. The number of hydrogen-bond acceptors (Lipinski definition) is 3. The van der Waals surface area contributed by atoms with Crippen molar-refractivity contribution in [1.82, 2.24) is 4.57 Å². The lowest BCUT2D eigenvalue weighted by molar-refractivity contribution is -0.108. The zero-order valence-corrected chi connectivity index (χ0v) is 6.77. The van der Waals surface area contributed by atoms with Gasteiger partial charge in [0.05, 0.1) is 12.1 Å². The highest BCUT2D eigenvalue weighted by molar-refractivity contribution is 5.73.